The van der Waals surface area contributed by atoms with Gasteiger partial charge in [0, 0.05) is 19.6 Å². The van der Waals surface area contributed by atoms with Crippen LogP contribution in [0.3, 0.4) is 0 Å². The molecule has 1 fully saturated rings. The molecule has 86 valence electrons. The lowest BCUT2D eigenvalue weighted by molar-refractivity contribution is 0.573. The van der Waals surface area contributed by atoms with Crippen molar-refractivity contribution < 1.29 is 0 Å². The molecule has 2 rings (SSSR count). The molecule has 1 heterocycles. The van der Waals surface area contributed by atoms with Gasteiger partial charge in [-0.05, 0) is 18.8 Å². The maximum absolute atomic E-state index is 3.90. The van der Waals surface area contributed by atoms with Crippen molar-refractivity contribution >= 4 is 12.4 Å². The van der Waals surface area contributed by atoms with Gasteiger partial charge in [0.05, 0.1) is 11.9 Å². The molecule has 0 spiro atoms. The molecule has 5 heteroatoms. The summed E-state index contributed by atoms with van der Waals surface area (Å²) in [6, 6.07) is 0.741. The van der Waals surface area contributed by atoms with Crippen LogP contribution in [0.15, 0.2) is 6.20 Å². The molecule has 0 amide bonds. The molecule has 1 aliphatic rings. The number of nitrogens with one attached hydrogen (secondary N) is 1. The summed E-state index contributed by atoms with van der Waals surface area (Å²) in [6.07, 6.45) is 5.83. The molecule has 1 aliphatic carbocycles. The van der Waals surface area contributed by atoms with E-state index in [-0.39, 0.29) is 12.4 Å². The summed E-state index contributed by atoms with van der Waals surface area (Å²) in [6.45, 7) is 3.15. The Bertz CT molecular complexity index is 299. The molecule has 1 N–H and O–H groups in total. The third-order valence-corrected chi connectivity index (χ3v) is 2.94. The Hall–Kier alpha value is -0.610. The summed E-state index contributed by atoms with van der Waals surface area (Å²) >= 11 is 0. The summed E-state index contributed by atoms with van der Waals surface area (Å²) in [5.74, 6) is 0.918. The number of rotatable bonds is 5. The lowest BCUT2D eigenvalue weighted by Crippen LogP contribution is -2.19. The highest BCUT2D eigenvalue weighted by Gasteiger charge is 2.35. The summed E-state index contributed by atoms with van der Waals surface area (Å²) < 4.78 is 1.82. The quantitative estimate of drug-likeness (QED) is 0.834. The van der Waals surface area contributed by atoms with Gasteiger partial charge in [-0.15, -0.1) is 17.5 Å². The number of nitrogens with zero attached hydrogens (tertiary/aromatic N) is 3. The fourth-order valence-electron chi connectivity index (χ4n) is 1.89. The zero-order valence-corrected chi connectivity index (χ0v) is 10.1. The molecule has 4 nitrogen and oxygen atoms in total. The Morgan fingerprint density at radius 2 is 2.40 bits per heavy atom. The Kier molecular flexibility index (Phi) is 4.54. The Labute approximate surface area is 96.8 Å². The molecule has 0 radical (unpaired) electrons. The van der Waals surface area contributed by atoms with E-state index in [2.05, 4.69) is 22.6 Å². The smallest absolute Gasteiger partial charge is 0.0738 e. The number of hydrogen-bond donors (Lipinski definition) is 1. The van der Waals surface area contributed by atoms with Gasteiger partial charge in [-0.3, -0.25) is 4.68 Å². The predicted molar refractivity (Wildman–Crippen MR) is 61.9 cm³/mol. The second kappa shape index (κ2) is 5.47. The van der Waals surface area contributed by atoms with Crippen molar-refractivity contribution in [1.29, 1.82) is 0 Å². The van der Waals surface area contributed by atoms with Crippen LogP contribution in [-0.2, 0) is 13.6 Å². The topological polar surface area (TPSA) is 42.7 Å². The third kappa shape index (κ3) is 3.18. The van der Waals surface area contributed by atoms with Crippen molar-refractivity contribution in [1.82, 2.24) is 20.3 Å². The van der Waals surface area contributed by atoms with Crippen molar-refractivity contribution in [3.63, 3.8) is 0 Å². The van der Waals surface area contributed by atoms with Crippen molar-refractivity contribution in [2.75, 3.05) is 0 Å². The van der Waals surface area contributed by atoms with Crippen molar-refractivity contribution in [2.45, 2.75) is 38.8 Å². The van der Waals surface area contributed by atoms with Crippen LogP contribution >= 0.6 is 12.4 Å². The van der Waals surface area contributed by atoms with E-state index < -0.39 is 0 Å². The Morgan fingerprint density at radius 3 is 3.00 bits per heavy atom. The summed E-state index contributed by atoms with van der Waals surface area (Å²) in [7, 11) is 1.93. The van der Waals surface area contributed by atoms with Crippen LogP contribution in [-0.4, -0.2) is 21.0 Å². The van der Waals surface area contributed by atoms with E-state index in [0.29, 0.717) is 0 Å². The maximum atomic E-state index is 3.90. The van der Waals surface area contributed by atoms with Crippen LogP contribution in [0.2, 0.25) is 0 Å². The number of aromatic nitrogens is 3. The second-order valence-electron chi connectivity index (χ2n) is 4.12. The first-order chi connectivity index (χ1) is 6.81. The maximum Gasteiger partial charge on any atom is 0.0738 e. The number of hydrogen-bond acceptors (Lipinski definition) is 3. The van der Waals surface area contributed by atoms with Gasteiger partial charge in [-0.1, -0.05) is 18.6 Å². The zero-order chi connectivity index (χ0) is 9.97. The van der Waals surface area contributed by atoms with E-state index >= 15 is 0 Å². The molecule has 0 aromatic carbocycles. The lowest BCUT2D eigenvalue weighted by Gasteiger charge is -2.02. The molecule has 0 bridgehead atoms. The van der Waals surface area contributed by atoms with Crippen LogP contribution in [0.5, 0.6) is 0 Å². The fourth-order valence-corrected chi connectivity index (χ4v) is 1.89. The summed E-state index contributed by atoms with van der Waals surface area (Å²) in [5, 5.41) is 11.3. The van der Waals surface area contributed by atoms with Crippen LogP contribution in [0, 0.1) is 5.92 Å². The minimum Gasteiger partial charge on any atom is -0.308 e. The van der Waals surface area contributed by atoms with E-state index in [4.69, 9.17) is 0 Å². The summed E-state index contributed by atoms with van der Waals surface area (Å²) in [5.41, 5.74) is 1.16. The minimum atomic E-state index is 0. The van der Waals surface area contributed by atoms with E-state index in [1.807, 2.05) is 17.9 Å². The molecule has 0 saturated heterocycles. The van der Waals surface area contributed by atoms with Gasteiger partial charge in [0.1, 0.15) is 0 Å². The first-order valence-electron chi connectivity index (χ1n) is 5.38. The van der Waals surface area contributed by atoms with E-state index in [9.17, 15) is 0 Å². The average Bonchev–Trinajstić information content (AvgIpc) is 2.78. The van der Waals surface area contributed by atoms with Gasteiger partial charge >= 0.3 is 0 Å². The van der Waals surface area contributed by atoms with Gasteiger partial charge in [0.2, 0.25) is 0 Å². The largest absolute Gasteiger partial charge is 0.308 e. The lowest BCUT2D eigenvalue weighted by atomic mass is 10.2. The molecular formula is C10H19ClN4. The molecule has 0 aliphatic heterocycles. The van der Waals surface area contributed by atoms with E-state index in [1.54, 1.807) is 0 Å². The van der Waals surface area contributed by atoms with Gasteiger partial charge < -0.3 is 5.32 Å². The van der Waals surface area contributed by atoms with Gasteiger partial charge in [-0.2, -0.15) is 0 Å². The highest BCUT2D eigenvalue weighted by atomic mass is 35.5. The monoisotopic (exact) mass is 230 g/mol. The molecular weight excluding hydrogens is 212 g/mol. The Morgan fingerprint density at radius 1 is 1.60 bits per heavy atom. The first-order valence-corrected chi connectivity index (χ1v) is 5.38. The molecule has 2 unspecified atom stereocenters. The van der Waals surface area contributed by atoms with Gasteiger partial charge in [-0.25, -0.2) is 0 Å². The molecule has 1 aromatic heterocycles. The van der Waals surface area contributed by atoms with Crippen molar-refractivity contribution in [3.05, 3.63) is 11.9 Å². The fraction of sp³-hybridized carbons (Fsp3) is 0.800. The standard InChI is InChI=1S/C10H18N4.ClH/c1-3-4-8-5-10(8)11-6-9-7-12-13-14(9)2;/h7-8,10-11H,3-6H2,1-2H3;1H. The SMILES string of the molecule is CCCC1CC1NCc1cnnn1C.Cl. The van der Waals surface area contributed by atoms with Crippen molar-refractivity contribution in [2.24, 2.45) is 13.0 Å². The average molecular weight is 231 g/mol. The van der Waals surface area contributed by atoms with Crippen LogP contribution in [0.25, 0.3) is 0 Å². The summed E-state index contributed by atoms with van der Waals surface area (Å²) in [4.78, 5) is 0. The second-order valence-corrected chi connectivity index (χ2v) is 4.12. The normalized spacial score (nSPS) is 23.6. The zero-order valence-electron chi connectivity index (χ0n) is 9.31. The molecule has 1 aromatic rings. The van der Waals surface area contributed by atoms with E-state index in [0.717, 1.165) is 24.2 Å². The van der Waals surface area contributed by atoms with Gasteiger partial charge in [0.25, 0.3) is 0 Å². The van der Waals surface area contributed by atoms with Crippen LogP contribution in [0.4, 0.5) is 0 Å². The van der Waals surface area contributed by atoms with E-state index in [1.165, 1.54) is 19.3 Å². The molecule has 1 saturated carbocycles. The van der Waals surface area contributed by atoms with Crippen LogP contribution in [0.1, 0.15) is 31.9 Å². The van der Waals surface area contributed by atoms with Gasteiger partial charge in [0.15, 0.2) is 0 Å². The first kappa shape index (κ1) is 12.5. The predicted octanol–water partition coefficient (Wildman–Crippen LogP) is 1.52. The molecule has 2 atom stereocenters. The molecule has 15 heavy (non-hydrogen) atoms. The third-order valence-electron chi connectivity index (χ3n) is 2.94. The highest BCUT2D eigenvalue weighted by molar-refractivity contribution is 5.85. The minimum absolute atomic E-state index is 0. The highest BCUT2D eigenvalue weighted by Crippen LogP contribution is 2.34. The number of aryl methyl sites for hydroxylation is 1. The number of halogens is 1. The Balaban J connectivity index is 0.00000112. The van der Waals surface area contributed by atoms with Crippen molar-refractivity contribution in [3.8, 4) is 0 Å². The van der Waals surface area contributed by atoms with Crippen LogP contribution < -0.4 is 5.32 Å².